The quantitative estimate of drug-likeness (QED) is 0.339. The number of carbonyl (C=O) groups is 3. The van der Waals surface area contributed by atoms with Crippen molar-refractivity contribution in [3.63, 3.8) is 0 Å². The number of fused-ring (bicyclic) bond motifs is 1. The van der Waals surface area contributed by atoms with Crippen molar-refractivity contribution in [1.29, 1.82) is 0 Å². The van der Waals surface area contributed by atoms with E-state index in [2.05, 4.69) is 15.3 Å². The summed E-state index contributed by atoms with van der Waals surface area (Å²) in [5, 5.41) is 11.5. The highest BCUT2D eigenvalue weighted by molar-refractivity contribution is 6.18. The number of rotatable bonds is 5. The number of carbonyl (C=O) groups excluding carboxylic acids is 2. The molecule has 1 heterocycles. The molecule has 2 amide bonds. The third-order valence-corrected chi connectivity index (χ3v) is 5.20. The van der Waals surface area contributed by atoms with Crippen LogP contribution in [0.1, 0.15) is 31.8 Å². The van der Waals surface area contributed by atoms with E-state index >= 15 is 0 Å². The Morgan fingerprint density at radius 3 is 2.37 bits per heavy atom. The van der Waals surface area contributed by atoms with Crippen LogP contribution >= 0.6 is 0 Å². The number of halogens is 3. The number of hydrogen-bond acceptors (Lipinski definition) is 4. The lowest BCUT2D eigenvalue weighted by Crippen LogP contribution is -2.24. The molecule has 1 aromatic heterocycles. The maximum Gasteiger partial charge on any atom is 0.416 e. The van der Waals surface area contributed by atoms with Crippen LogP contribution in [0.3, 0.4) is 0 Å². The Morgan fingerprint density at radius 2 is 1.69 bits per heavy atom. The van der Waals surface area contributed by atoms with Crippen molar-refractivity contribution in [3.8, 4) is 0 Å². The van der Waals surface area contributed by atoms with E-state index in [0.29, 0.717) is 11.0 Å². The summed E-state index contributed by atoms with van der Waals surface area (Å²) in [6.07, 6.45) is -5.79. The van der Waals surface area contributed by atoms with Crippen LogP contribution in [0.5, 0.6) is 0 Å². The number of aromatic amines is 1. The average Bonchev–Trinajstić information content (AvgIpc) is 3.26. The molecule has 8 nitrogen and oxygen atoms in total. The van der Waals surface area contributed by atoms with Crippen LogP contribution in [0.25, 0.3) is 11.0 Å². The summed E-state index contributed by atoms with van der Waals surface area (Å²) in [7, 11) is 1.31. The van der Waals surface area contributed by atoms with Crippen molar-refractivity contribution >= 4 is 40.5 Å². The largest absolute Gasteiger partial charge is 0.465 e. The first-order chi connectivity index (χ1) is 16.5. The van der Waals surface area contributed by atoms with Gasteiger partial charge in [-0.15, -0.1) is 0 Å². The summed E-state index contributed by atoms with van der Waals surface area (Å²) in [6.45, 7) is 0. The predicted molar refractivity (Wildman–Crippen MR) is 122 cm³/mol. The van der Waals surface area contributed by atoms with Crippen LogP contribution in [0.15, 0.2) is 66.7 Å². The van der Waals surface area contributed by atoms with Gasteiger partial charge >= 0.3 is 12.3 Å². The number of imidazole rings is 1. The molecule has 4 rings (SSSR count). The number of alkyl halides is 3. The third kappa shape index (κ3) is 4.83. The summed E-state index contributed by atoms with van der Waals surface area (Å²) in [6, 6.07) is 14.6. The zero-order chi connectivity index (χ0) is 25.3. The molecule has 0 aliphatic carbocycles. The maximum atomic E-state index is 13.2. The molecule has 35 heavy (non-hydrogen) atoms. The van der Waals surface area contributed by atoms with E-state index in [9.17, 15) is 27.6 Å². The van der Waals surface area contributed by atoms with Gasteiger partial charge in [-0.25, -0.2) is 9.78 Å². The smallest absolute Gasteiger partial charge is 0.416 e. The first kappa shape index (κ1) is 23.5. The molecule has 0 bridgehead atoms. The average molecular weight is 482 g/mol. The van der Waals surface area contributed by atoms with E-state index in [1.165, 1.54) is 55.6 Å². The lowest BCUT2D eigenvalue weighted by molar-refractivity contribution is -0.137. The van der Waals surface area contributed by atoms with Gasteiger partial charge in [0.15, 0.2) is 5.78 Å². The van der Waals surface area contributed by atoms with Crippen LogP contribution in [-0.4, -0.2) is 39.9 Å². The molecule has 3 N–H and O–H groups in total. The van der Waals surface area contributed by atoms with E-state index < -0.39 is 29.5 Å². The van der Waals surface area contributed by atoms with Crippen molar-refractivity contribution in [2.75, 3.05) is 17.3 Å². The summed E-state index contributed by atoms with van der Waals surface area (Å²) in [5.74, 6) is -1.19. The molecule has 3 aromatic carbocycles. The molecule has 4 aromatic rings. The Hall–Kier alpha value is -4.67. The highest BCUT2D eigenvalue weighted by Gasteiger charge is 2.30. The van der Waals surface area contributed by atoms with Crippen molar-refractivity contribution in [2.24, 2.45) is 0 Å². The minimum atomic E-state index is -4.57. The van der Waals surface area contributed by atoms with Crippen molar-refractivity contribution in [2.45, 2.75) is 6.18 Å². The van der Waals surface area contributed by atoms with Gasteiger partial charge in [0.25, 0.3) is 5.91 Å². The fourth-order valence-corrected chi connectivity index (χ4v) is 3.39. The SMILES string of the molecule is CN(C(=O)O)c1nc2ccc(C(=O)c3ccccc3C(=O)Nc3cccc(C(F)(F)F)c3)cc2[nH]1. The van der Waals surface area contributed by atoms with Crippen molar-refractivity contribution < 1.29 is 32.7 Å². The molecule has 0 aliphatic rings. The van der Waals surface area contributed by atoms with Gasteiger partial charge in [-0.3, -0.25) is 14.5 Å². The van der Waals surface area contributed by atoms with Gasteiger partial charge in [0.05, 0.1) is 22.2 Å². The lowest BCUT2D eigenvalue weighted by atomic mass is 9.97. The number of carboxylic acid groups (broad SMARTS) is 1. The minimum absolute atomic E-state index is 0.0223. The zero-order valence-corrected chi connectivity index (χ0v) is 18.1. The highest BCUT2D eigenvalue weighted by Crippen LogP contribution is 2.31. The van der Waals surface area contributed by atoms with Crippen LogP contribution < -0.4 is 10.2 Å². The Balaban J connectivity index is 1.63. The van der Waals surface area contributed by atoms with Gasteiger partial charge in [0, 0.05) is 23.9 Å². The maximum absolute atomic E-state index is 13.2. The van der Waals surface area contributed by atoms with Gasteiger partial charge in [-0.1, -0.05) is 24.3 Å². The topological polar surface area (TPSA) is 115 Å². The molecule has 0 saturated heterocycles. The van der Waals surface area contributed by atoms with Gasteiger partial charge < -0.3 is 15.4 Å². The molecule has 0 atom stereocenters. The van der Waals surface area contributed by atoms with Crippen molar-refractivity contribution in [1.82, 2.24) is 9.97 Å². The normalized spacial score (nSPS) is 11.3. The van der Waals surface area contributed by atoms with Crippen molar-refractivity contribution in [3.05, 3.63) is 89.0 Å². The molecule has 0 radical (unpaired) electrons. The first-order valence-corrected chi connectivity index (χ1v) is 10.1. The Labute approximate surface area is 196 Å². The summed E-state index contributed by atoms with van der Waals surface area (Å²) < 4.78 is 39.0. The lowest BCUT2D eigenvalue weighted by Gasteiger charge is -2.12. The summed E-state index contributed by atoms with van der Waals surface area (Å²) >= 11 is 0. The number of hydrogen-bond donors (Lipinski definition) is 3. The van der Waals surface area contributed by atoms with Gasteiger partial charge in [0.1, 0.15) is 0 Å². The Morgan fingerprint density at radius 1 is 0.971 bits per heavy atom. The van der Waals surface area contributed by atoms with E-state index in [1.54, 1.807) is 6.07 Å². The number of benzene rings is 3. The van der Waals surface area contributed by atoms with E-state index in [4.69, 9.17) is 5.11 Å². The predicted octanol–water partition coefficient (Wildman–Crippen LogP) is 5.18. The Kier molecular flexibility index (Phi) is 6.00. The molecular weight excluding hydrogens is 465 g/mol. The molecular formula is C24H17F3N4O4. The molecule has 0 fully saturated rings. The van der Waals surface area contributed by atoms with Crippen LogP contribution in [0.4, 0.5) is 29.6 Å². The molecule has 0 saturated carbocycles. The summed E-state index contributed by atoms with van der Waals surface area (Å²) in [5.41, 5.74) is 0.0705. The van der Waals surface area contributed by atoms with Gasteiger partial charge in [-0.05, 0) is 42.5 Å². The molecule has 0 unspecified atom stereocenters. The van der Waals surface area contributed by atoms with E-state index in [0.717, 1.165) is 17.0 Å². The number of aromatic nitrogens is 2. The third-order valence-electron chi connectivity index (χ3n) is 5.20. The van der Waals surface area contributed by atoms with Crippen LogP contribution in [0.2, 0.25) is 0 Å². The second-order valence-electron chi connectivity index (χ2n) is 7.54. The van der Waals surface area contributed by atoms with E-state index in [-0.39, 0.29) is 28.3 Å². The molecule has 178 valence electrons. The molecule has 0 aliphatic heterocycles. The highest BCUT2D eigenvalue weighted by atomic mass is 19.4. The molecule has 11 heteroatoms. The van der Waals surface area contributed by atoms with Gasteiger partial charge in [-0.2, -0.15) is 13.2 Å². The fourth-order valence-electron chi connectivity index (χ4n) is 3.39. The number of amides is 2. The number of nitrogens with one attached hydrogen (secondary N) is 2. The zero-order valence-electron chi connectivity index (χ0n) is 18.1. The number of nitrogens with zero attached hydrogens (tertiary/aromatic N) is 2. The van der Waals surface area contributed by atoms with Crippen LogP contribution in [0, 0.1) is 0 Å². The Bertz CT molecular complexity index is 1460. The van der Waals surface area contributed by atoms with Gasteiger partial charge in [0.2, 0.25) is 5.95 Å². The summed E-state index contributed by atoms with van der Waals surface area (Å²) in [4.78, 5) is 45.1. The second kappa shape index (κ2) is 8.93. The number of H-pyrrole nitrogens is 1. The number of anilines is 2. The van der Waals surface area contributed by atoms with Crippen LogP contribution in [-0.2, 0) is 6.18 Å². The van der Waals surface area contributed by atoms with E-state index in [1.807, 2.05) is 0 Å². The second-order valence-corrected chi connectivity index (χ2v) is 7.54. The monoisotopic (exact) mass is 482 g/mol. The molecule has 0 spiro atoms. The standard InChI is InChI=1S/C24H17F3N4O4/c1-31(23(34)35)22-29-18-10-9-13(11-19(18)30-22)20(32)16-7-2-3-8-17(16)21(33)28-15-6-4-5-14(12-15)24(25,26)27/h2-12H,1H3,(H,28,33)(H,29,30)(H,34,35). The first-order valence-electron chi connectivity index (χ1n) is 10.1. The minimum Gasteiger partial charge on any atom is -0.465 e. The fraction of sp³-hybridized carbons (Fsp3) is 0.0833. The number of ketones is 1.